The van der Waals surface area contributed by atoms with Gasteiger partial charge in [-0.2, -0.15) is 0 Å². The number of carbonyl (C=O) groups excluding carboxylic acids is 1. The molecule has 0 unspecified atom stereocenters. The fourth-order valence-electron chi connectivity index (χ4n) is 4.19. The van der Waals surface area contributed by atoms with Crippen LogP contribution in [-0.4, -0.2) is 52.9 Å². The molecule has 1 aliphatic carbocycles. The van der Waals surface area contributed by atoms with Crippen molar-refractivity contribution >= 4 is 16.8 Å². The number of fused-ring (bicyclic) bond motifs is 1. The number of para-hydroxylation sites is 1. The molecule has 2 aromatic rings. The highest BCUT2D eigenvalue weighted by atomic mass is 16.2. The molecule has 0 bridgehead atoms. The van der Waals surface area contributed by atoms with Crippen molar-refractivity contribution < 1.29 is 4.79 Å². The summed E-state index contributed by atoms with van der Waals surface area (Å²) in [5.74, 6) is 1.57. The predicted molar refractivity (Wildman–Crippen MR) is 105 cm³/mol. The fraction of sp³-hybridized carbons (Fsp3) is 0.545. The summed E-state index contributed by atoms with van der Waals surface area (Å²) >= 11 is 0. The number of aromatic nitrogens is 1. The van der Waals surface area contributed by atoms with Crippen LogP contribution in [0.4, 0.5) is 0 Å². The van der Waals surface area contributed by atoms with Gasteiger partial charge in [0.2, 0.25) is 0 Å². The van der Waals surface area contributed by atoms with Gasteiger partial charge in [-0.1, -0.05) is 32.0 Å². The van der Waals surface area contributed by atoms with Gasteiger partial charge < -0.3 is 4.90 Å². The number of pyridine rings is 1. The van der Waals surface area contributed by atoms with Gasteiger partial charge in [-0.05, 0) is 43.2 Å². The van der Waals surface area contributed by atoms with E-state index in [-0.39, 0.29) is 5.91 Å². The van der Waals surface area contributed by atoms with Gasteiger partial charge in [-0.15, -0.1) is 0 Å². The molecule has 2 fully saturated rings. The maximum absolute atomic E-state index is 13.3. The molecule has 4 heteroatoms. The zero-order valence-corrected chi connectivity index (χ0v) is 15.9. The smallest absolute Gasteiger partial charge is 0.256 e. The highest BCUT2D eigenvalue weighted by Crippen LogP contribution is 2.32. The lowest BCUT2D eigenvalue weighted by atomic mass is 10.0. The first-order valence-corrected chi connectivity index (χ1v) is 10.0. The number of rotatable bonds is 4. The summed E-state index contributed by atoms with van der Waals surface area (Å²) in [6.07, 6.45) is 5.59. The lowest BCUT2D eigenvalue weighted by Gasteiger charge is -2.34. The third-order valence-electron chi connectivity index (χ3n) is 5.86. The molecular formula is C22H29N3O. The van der Waals surface area contributed by atoms with E-state index in [4.69, 9.17) is 0 Å². The Balaban J connectivity index is 1.58. The standard InChI is InChI=1S/C22H29N3O/c1-16(2)20-15-25(13-5-12-24(20)14-17-9-10-17)22(26)19-8-3-6-18-7-4-11-23-21(18)19/h3-4,6-8,11,16-17,20H,5,9-10,12-15H2,1-2H3/t20-/m1/s1. The molecule has 1 saturated carbocycles. The van der Waals surface area contributed by atoms with Crippen LogP contribution in [-0.2, 0) is 0 Å². The number of hydrogen-bond donors (Lipinski definition) is 0. The van der Waals surface area contributed by atoms with Gasteiger partial charge in [0, 0.05) is 43.8 Å². The molecular weight excluding hydrogens is 322 g/mol. The van der Waals surface area contributed by atoms with Gasteiger partial charge in [0.1, 0.15) is 0 Å². The summed E-state index contributed by atoms with van der Waals surface area (Å²) in [5.41, 5.74) is 1.56. The number of nitrogens with zero attached hydrogens (tertiary/aromatic N) is 3. The Morgan fingerprint density at radius 2 is 2.00 bits per heavy atom. The second-order valence-electron chi connectivity index (χ2n) is 8.24. The normalized spacial score (nSPS) is 22.0. The van der Waals surface area contributed by atoms with E-state index in [2.05, 4.69) is 28.6 Å². The zero-order chi connectivity index (χ0) is 18.1. The van der Waals surface area contributed by atoms with Crippen molar-refractivity contribution in [3.05, 3.63) is 42.1 Å². The van der Waals surface area contributed by atoms with Gasteiger partial charge in [0.05, 0.1) is 11.1 Å². The van der Waals surface area contributed by atoms with Crippen LogP contribution in [0.15, 0.2) is 36.5 Å². The minimum atomic E-state index is 0.133. The van der Waals surface area contributed by atoms with E-state index in [0.717, 1.165) is 48.4 Å². The first-order chi connectivity index (χ1) is 12.6. The van der Waals surface area contributed by atoms with Crippen LogP contribution in [0.25, 0.3) is 10.9 Å². The Morgan fingerprint density at radius 1 is 1.19 bits per heavy atom. The van der Waals surface area contributed by atoms with E-state index < -0.39 is 0 Å². The molecule has 1 aromatic heterocycles. The molecule has 1 aromatic carbocycles. The van der Waals surface area contributed by atoms with Crippen LogP contribution in [0, 0.1) is 11.8 Å². The molecule has 2 heterocycles. The Morgan fingerprint density at radius 3 is 2.77 bits per heavy atom. The summed E-state index contributed by atoms with van der Waals surface area (Å²) in [6.45, 7) is 8.56. The SMILES string of the molecule is CC(C)[C@H]1CN(C(=O)c2cccc3cccnc23)CCCN1CC1CC1. The van der Waals surface area contributed by atoms with E-state index >= 15 is 0 Å². The molecule has 2 aliphatic rings. The van der Waals surface area contributed by atoms with Crippen LogP contribution in [0.3, 0.4) is 0 Å². The Bertz CT molecular complexity index is 779. The summed E-state index contributed by atoms with van der Waals surface area (Å²) < 4.78 is 0. The second kappa shape index (κ2) is 7.36. The molecule has 0 N–H and O–H groups in total. The summed E-state index contributed by atoms with van der Waals surface area (Å²) in [6, 6.07) is 10.3. The first-order valence-electron chi connectivity index (χ1n) is 10.0. The van der Waals surface area contributed by atoms with Gasteiger partial charge in [-0.3, -0.25) is 14.7 Å². The molecule has 1 saturated heterocycles. The van der Waals surface area contributed by atoms with E-state index in [1.54, 1.807) is 6.20 Å². The quantitative estimate of drug-likeness (QED) is 0.840. The maximum atomic E-state index is 13.3. The molecule has 1 aliphatic heterocycles. The van der Waals surface area contributed by atoms with E-state index in [1.807, 2.05) is 30.3 Å². The molecule has 4 nitrogen and oxygen atoms in total. The van der Waals surface area contributed by atoms with Crippen molar-refractivity contribution in [1.29, 1.82) is 0 Å². The van der Waals surface area contributed by atoms with Crippen LogP contribution in [0.5, 0.6) is 0 Å². The number of hydrogen-bond acceptors (Lipinski definition) is 3. The Labute approximate surface area is 156 Å². The average Bonchev–Trinajstić information content (AvgIpc) is 3.48. The number of carbonyl (C=O) groups is 1. The van der Waals surface area contributed by atoms with Crippen LogP contribution >= 0.6 is 0 Å². The highest BCUT2D eigenvalue weighted by molar-refractivity contribution is 6.05. The minimum Gasteiger partial charge on any atom is -0.337 e. The van der Waals surface area contributed by atoms with Crippen molar-refractivity contribution in [1.82, 2.24) is 14.8 Å². The molecule has 0 spiro atoms. The van der Waals surface area contributed by atoms with Crippen molar-refractivity contribution in [2.24, 2.45) is 11.8 Å². The largest absolute Gasteiger partial charge is 0.337 e. The van der Waals surface area contributed by atoms with Gasteiger partial charge in [0.25, 0.3) is 5.91 Å². The monoisotopic (exact) mass is 351 g/mol. The third-order valence-corrected chi connectivity index (χ3v) is 5.86. The van der Waals surface area contributed by atoms with Crippen molar-refractivity contribution in [3.8, 4) is 0 Å². The van der Waals surface area contributed by atoms with Gasteiger partial charge in [0.15, 0.2) is 0 Å². The molecule has 26 heavy (non-hydrogen) atoms. The topological polar surface area (TPSA) is 36.4 Å². The zero-order valence-electron chi connectivity index (χ0n) is 15.9. The molecule has 138 valence electrons. The van der Waals surface area contributed by atoms with Crippen molar-refractivity contribution in [2.75, 3.05) is 26.2 Å². The Hall–Kier alpha value is -1.94. The lowest BCUT2D eigenvalue weighted by molar-refractivity contribution is 0.0706. The fourth-order valence-corrected chi connectivity index (χ4v) is 4.19. The molecule has 0 radical (unpaired) electrons. The molecule has 1 amide bonds. The van der Waals surface area contributed by atoms with Crippen LogP contribution in [0.1, 0.15) is 43.5 Å². The van der Waals surface area contributed by atoms with Crippen molar-refractivity contribution in [3.63, 3.8) is 0 Å². The summed E-state index contributed by atoms with van der Waals surface area (Å²) in [4.78, 5) is 22.5. The van der Waals surface area contributed by atoms with Crippen molar-refractivity contribution in [2.45, 2.75) is 39.2 Å². The summed E-state index contributed by atoms with van der Waals surface area (Å²) in [5, 5.41) is 1.03. The third kappa shape index (κ3) is 3.61. The van der Waals surface area contributed by atoms with Crippen LogP contribution in [0.2, 0.25) is 0 Å². The maximum Gasteiger partial charge on any atom is 0.256 e. The summed E-state index contributed by atoms with van der Waals surface area (Å²) in [7, 11) is 0. The number of amides is 1. The van der Waals surface area contributed by atoms with Gasteiger partial charge >= 0.3 is 0 Å². The molecule has 1 atom stereocenters. The van der Waals surface area contributed by atoms with E-state index in [1.165, 1.54) is 19.4 Å². The molecule has 4 rings (SSSR count). The minimum absolute atomic E-state index is 0.133. The van der Waals surface area contributed by atoms with Crippen LogP contribution < -0.4 is 0 Å². The van der Waals surface area contributed by atoms with Gasteiger partial charge in [-0.25, -0.2) is 0 Å². The van der Waals surface area contributed by atoms with E-state index in [0.29, 0.717) is 12.0 Å². The van der Waals surface area contributed by atoms with E-state index in [9.17, 15) is 4.79 Å². The lowest BCUT2D eigenvalue weighted by Crippen LogP contribution is -2.46. The predicted octanol–water partition coefficient (Wildman–Crippen LogP) is 3.82. The Kier molecular flexibility index (Phi) is 4.94. The average molecular weight is 351 g/mol. The highest BCUT2D eigenvalue weighted by Gasteiger charge is 2.33. The number of benzene rings is 1. The first kappa shape index (κ1) is 17.5. The second-order valence-corrected chi connectivity index (χ2v) is 8.24.